The van der Waals surface area contributed by atoms with Crippen LogP contribution in [0.4, 0.5) is 5.69 Å². The number of carboxylic acid groups (broad SMARTS) is 1. The number of carboxylic acids is 1. The van der Waals surface area contributed by atoms with Crippen molar-refractivity contribution in [1.29, 1.82) is 0 Å². The molecule has 0 aliphatic rings. The predicted octanol–water partition coefficient (Wildman–Crippen LogP) is 2.58. The summed E-state index contributed by atoms with van der Waals surface area (Å²) < 4.78 is 0. The Labute approximate surface area is 111 Å². The molecule has 0 aliphatic heterocycles. The Morgan fingerprint density at radius 1 is 1.00 bits per heavy atom. The Bertz CT molecular complexity index is 528. The van der Waals surface area contributed by atoms with Crippen LogP contribution in [0.2, 0.25) is 0 Å². The van der Waals surface area contributed by atoms with Gasteiger partial charge in [0.05, 0.1) is 5.69 Å². The number of hydrogen-bond acceptors (Lipinski definition) is 3. The summed E-state index contributed by atoms with van der Waals surface area (Å²) in [6.07, 6.45) is 0.238. The van der Waals surface area contributed by atoms with E-state index in [0.717, 1.165) is 10.6 Å². The number of anilines is 1. The standard InChI is InChI=1S/C15H15NO3/c17-15(18)14(11-12-7-3-1-4-8-12)16(19)13-9-5-2-6-10-13/h1-10,14,19H,11H2,(H,17,18)/t14-/m0/s1. The van der Waals surface area contributed by atoms with E-state index in [4.69, 9.17) is 0 Å². The maximum absolute atomic E-state index is 11.3. The molecular weight excluding hydrogens is 242 g/mol. The van der Waals surface area contributed by atoms with Crippen molar-refractivity contribution in [3.63, 3.8) is 0 Å². The molecule has 2 N–H and O–H groups in total. The molecule has 0 bridgehead atoms. The number of carbonyl (C=O) groups is 1. The van der Waals surface area contributed by atoms with Gasteiger partial charge in [-0.3, -0.25) is 5.21 Å². The molecule has 0 spiro atoms. The van der Waals surface area contributed by atoms with E-state index in [-0.39, 0.29) is 6.42 Å². The largest absolute Gasteiger partial charge is 0.480 e. The summed E-state index contributed by atoms with van der Waals surface area (Å²) in [6, 6.07) is 16.9. The molecule has 98 valence electrons. The molecule has 1 atom stereocenters. The summed E-state index contributed by atoms with van der Waals surface area (Å²) >= 11 is 0. The highest BCUT2D eigenvalue weighted by Crippen LogP contribution is 2.17. The van der Waals surface area contributed by atoms with Crippen LogP contribution in [0.5, 0.6) is 0 Å². The first-order valence-corrected chi connectivity index (χ1v) is 5.98. The number of benzene rings is 2. The second-order valence-corrected chi connectivity index (χ2v) is 4.22. The lowest BCUT2D eigenvalue weighted by Gasteiger charge is -2.24. The quantitative estimate of drug-likeness (QED) is 0.808. The number of hydrogen-bond donors (Lipinski definition) is 2. The maximum Gasteiger partial charge on any atom is 0.329 e. The average molecular weight is 257 g/mol. The van der Waals surface area contributed by atoms with Gasteiger partial charge in [0.25, 0.3) is 0 Å². The molecule has 0 saturated heterocycles. The lowest BCUT2D eigenvalue weighted by atomic mass is 10.1. The van der Waals surface area contributed by atoms with Gasteiger partial charge in [0.2, 0.25) is 0 Å². The molecule has 2 rings (SSSR count). The van der Waals surface area contributed by atoms with Crippen molar-refractivity contribution < 1.29 is 15.1 Å². The number of para-hydroxylation sites is 1. The molecule has 19 heavy (non-hydrogen) atoms. The van der Waals surface area contributed by atoms with Crippen LogP contribution >= 0.6 is 0 Å². The molecule has 0 unspecified atom stereocenters. The molecule has 0 amide bonds. The van der Waals surface area contributed by atoms with E-state index in [1.165, 1.54) is 0 Å². The van der Waals surface area contributed by atoms with Gasteiger partial charge in [-0.2, -0.15) is 0 Å². The topological polar surface area (TPSA) is 60.8 Å². The first-order chi connectivity index (χ1) is 9.18. The van der Waals surface area contributed by atoms with Gasteiger partial charge in [0, 0.05) is 6.42 Å². The fourth-order valence-corrected chi connectivity index (χ4v) is 1.88. The summed E-state index contributed by atoms with van der Waals surface area (Å²) in [4.78, 5) is 11.3. The van der Waals surface area contributed by atoms with Crippen LogP contribution in [-0.4, -0.2) is 22.3 Å². The van der Waals surface area contributed by atoms with Crippen LogP contribution in [0, 0.1) is 0 Å². The second-order valence-electron chi connectivity index (χ2n) is 4.22. The SMILES string of the molecule is O=C(O)[C@H](Cc1ccccc1)N(O)c1ccccc1. The normalized spacial score (nSPS) is 11.8. The van der Waals surface area contributed by atoms with Crippen LogP contribution in [0.25, 0.3) is 0 Å². The second kappa shape index (κ2) is 6.02. The Balaban J connectivity index is 2.19. The summed E-state index contributed by atoms with van der Waals surface area (Å²) in [5.41, 5.74) is 1.33. The minimum Gasteiger partial charge on any atom is -0.480 e. The van der Waals surface area contributed by atoms with E-state index in [1.807, 2.05) is 36.4 Å². The first kappa shape index (κ1) is 13.1. The highest BCUT2D eigenvalue weighted by atomic mass is 16.5. The van der Waals surface area contributed by atoms with Crippen LogP contribution < -0.4 is 5.06 Å². The molecule has 4 nitrogen and oxygen atoms in total. The smallest absolute Gasteiger partial charge is 0.329 e. The molecule has 4 heteroatoms. The summed E-state index contributed by atoms with van der Waals surface area (Å²) in [6.45, 7) is 0. The zero-order valence-electron chi connectivity index (χ0n) is 10.3. The van der Waals surface area contributed by atoms with Gasteiger partial charge in [-0.25, -0.2) is 9.86 Å². The Morgan fingerprint density at radius 2 is 1.53 bits per heavy atom. The summed E-state index contributed by atoms with van der Waals surface area (Å²) in [7, 11) is 0. The van der Waals surface area contributed by atoms with E-state index in [2.05, 4.69) is 0 Å². The molecule has 0 fully saturated rings. The zero-order valence-corrected chi connectivity index (χ0v) is 10.3. The Morgan fingerprint density at radius 3 is 2.05 bits per heavy atom. The minimum atomic E-state index is -1.06. The lowest BCUT2D eigenvalue weighted by molar-refractivity contribution is -0.140. The highest BCUT2D eigenvalue weighted by Gasteiger charge is 2.25. The fourth-order valence-electron chi connectivity index (χ4n) is 1.88. The number of hydroxylamine groups is 1. The molecule has 0 aliphatic carbocycles. The predicted molar refractivity (Wildman–Crippen MR) is 72.3 cm³/mol. The van der Waals surface area contributed by atoms with Crippen molar-refractivity contribution in [2.75, 3.05) is 5.06 Å². The molecule has 2 aromatic rings. The van der Waals surface area contributed by atoms with Gasteiger partial charge in [-0.05, 0) is 17.7 Å². The van der Waals surface area contributed by atoms with Crippen molar-refractivity contribution in [3.8, 4) is 0 Å². The van der Waals surface area contributed by atoms with E-state index in [9.17, 15) is 15.1 Å². The van der Waals surface area contributed by atoms with E-state index in [1.54, 1.807) is 24.3 Å². The monoisotopic (exact) mass is 257 g/mol. The molecular formula is C15H15NO3. The number of nitrogens with zero attached hydrogens (tertiary/aromatic N) is 1. The van der Waals surface area contributed by atoms with Crippen LogP contribution in [0.15, 0.2) is 60.7 Å². The molecule has 0 heterocycles. The van der Waals surface area contributed by atoms with Crippen molar-refractivity contribution in [2.24, 2.45) is 0 Å². The summed E-state index contributed by atoms with van der Waals surface area (Å²) in [5, 5.41) is 20.1. The molecule has 0 saturated carbocycles. The van der Waals surface area contributed by atoms with Gasteiger partial charge >= 0.3 is 5.97 Å². The molecule has 0 aromatic heterocycles. The van der Waals surface area contributed by atoms with E-state index in [0.29, 0.717) is 5.69 Å². The zero-order chi connectivity index (χ0) is 13.7. The van der Waals surface area contributed by atoms with Crippen LogP contribution in [-0.2, 0) is 11.2 Å². The third-order valence-electron chi connectivity index (χ3n) is 2.87. The molecule has 0 radical (unpaired) electrons. The Kier molecular flexibility index (Phi) is 4.15. The van der Waals surface area contributed by atoms with Crippen molar-refractivity contribution in [2.45, 2.75) is 12.5 Å². The highest BCUT2D eigenvalue weighted by molar-refractivity contribution is 5.77. The Hall–Kier alpha value is -2.33. The van der Waals surface area contributed by atoms with Gasteiger partial charge in [-0.15, -0.1) is 0 Å². The molecule has 2 aromatic carbocycles. The van der Waals surface area contributed by atoms with Crippen LogP contribution in [0.3, 0.4) is 0 Å². The van der Waals surface area contributed by atoms with Crippen molar-refractivity contribution >= 4 is 11.7 Å². The number of rotatable bonds is 5. The lowest BCUT2D eigenvalue weighted by Crippen LogP contribution is -2.40. The van der Waals surface area contributed by atoms with Gasteiger partial charge in [0.1, 0.15) is 0 Å². The van der Waals surface area contributed by atoms with Crippen molar-refractivity contribution in [3.05, 3.63) is 66.2 Å². The average Bonchev–Trinajstić information content (AvgIpc) is 2.46. The fraction of sp³-hybridized carbons (Fsp3) is 0.133. The maximum atomic E-state index is 11.3. The van der Waals surface area contributed by atoms with Gasteiger partial charge in [0.15, 0.2) is 6.04 Å². The van der Waals surface area contributed by atoms with Gasteiger partial charge < -0.3 is 5.11 Å². The minimum absolute atomic E-state index is 0.238. The van der Waals surface area contributed by atoms with Crippen LogP contribution in [0.1, 0.15) is 5.56 Å². The third-order valence-corrected chi connectivity index (χ3v) is 2.87. The third kappa shape index (κ3) is 3.33. The van der Waals surface area contributed by atoms with Crippen molar-refractivity contribution in [1.82, 2.24) is 0 Å². The van der Waals surface area contributed by atoms with E-state index >= 15 is 0 Å². The van der Waals surface area contributed by atoms with Gasteiger partial charge in [-0.1, -0.05) is 48.5 Å². The first-order valence-electron chi connectivity index (χ1n) is 5.98. The van der Waals surface area contributed by atoms with E-state index < -0.39 is 12.0 Å². The summed E-state index contributed by atoms with van der Waals surface area (Å²) in [5.74, 6) is -1.06. The number of aliphatic carboxylic acids is 1.